The summed E-state index contributed by atoms with van der Waals surface area (Å²) < 4.78 is 14.8. The van der Waals surface area contributed by atoms with E-state index in [9.17, 15) is 4.39 Å². The second kappa shape index (κ2) is 6.12. The van der Waals surface area contributed by atoms with Crippen molar-refractivity contribution >= 4 is 38.9 Å². The van der Waals surface area contributed by atoms with Crippen molar-refractivity contribution in [1.29, 1.82) is 0 Å². The van der Waals surface area contributed by atoms with E-state index in [1.54, 1.807) is 23.5 Å². The molecule has 2 rings (SSSR count). The van der Waals surface area contributed by atoms with Crippen molar-refractivity contribution in [3.05, 3.63) is 55.4 Å². The van der Waals surface area contributed by atoms with Crippen LogP contribution in [0.25, 0.3) is 0 Å². The molecular weight excluding hydrogens is 339 g/mol. The normalized spacial score (nSPS) is 12.7. The minimum Gasteiger partial charge on any atom is -0.271 e. The zero-order valence-corrected chi connectivity index (χ0v) is 12.4. The van der Waals surface area contributed by atoms with E-state index in [2.05, 4.69) is 21.4 Å². The van der Waals surface area contributed by atoms with Gasteiger partial charge in [0, 0.05) is 9.35 Å². The van der Waals surface area contributed by atoms with Crippen LogP contribution in [0.15, 0.2) is 34.1 Å². The highest BCUT2D eigenvalue weighted by atomic mass is 79.9. The molecule has 0 aliphatic heterocycles. The van der Waals surface area contributed by atoms with Crippen molar-refractivity contribution in [3.63, 3.8) is 0 Å². The average Bonchev–Trinajstić information content (AvgIpc) is 2.77. The third kappa shape index (κ3) is 2.92. The van der Waals surface area contributed by atoms with Crippen LogP contribution in [0.3, 0.4) is 0 Å². The molecule has 1 atom stereocenters. The van der Waals surface area contributed by atoms with Gasteiger partial charge < -0.3 is 0 Å². The number of hydrazine groups is 1. The molecule has 1 heterocycles. The van der Waals surface area contributed by atoms with Crippen LogP contribution in [-0.2, 0) is 6.42 Å². The average molecular weight is 350 g/mol. The molecule has 0 aliphatic carbocycles. The van der Waals surface area contributed by atoms with E-state index >= 15 is 0 Å². The molecule has 2 nitrogen and oxygen atoms in total. The highest BCUT2D eigenvalue weighted by Crippen LogP contribution is 2.31. The monoisotopic (exact) mass is 348 g/mol. The third-order valence-electron chi connectivity index (χ3n) is 2.62. The highest BCUT2D eigenvalue weighted by molar-refractivity contribution is 9.10. The van der Waals surface area contributed by atoms with Crippen molar-refractivity contribution in [2.75, 3.05) is 0 Å². The van der Waals surface area contributed by atoms with E-state index in [1.807, 2.05) is 11.4 Å². The Morgan fingerprint density at radius 1 is 1.44 bits per heavy atom. The van der Waals surface area contributed by atoms with Gasteiger partial charge in [-0.3, -0.25) is 11.3 Å². The van der Waals surface area contributed by atoms with E-state index in [0.717, 1.165) is 9.35 Å². The first-order valence-electron chi connectivity index (χ1n) is 5.25. The Labute approximate surface area is 122 Å². The summed E-state index contributed by atoms with van der Waals surface area (Å²) in [7, 11) is 0. The number of nitrogens with one attached hydrogen (secondary N) is 1. The van der Waals surface area contributed by atoms with Crippen LogP contribution in [0.5, 0.6) is 0 Å². The summed E-state index contributed by atoms with van der Waals surface area (Å²) in [5, 5.41) is 2.09. The lowest BCUT2D eigenvalue weighted by Crippen LogP contribution is -2.29. The van der Waals surface area contributed by atoms with Crippen LogP contribution in [0.1, 0.15) is 16.5 Å². The molecule has 0 saturated heterocycles. The quantitative estimate of drug-likeness (QED) is 0.645. The summed E-state index contributed by atoms with van der Waals surface area (Å²) in [6.07, 6.45) is 0.446. The molecule has 1 unspecified atom stereocenters. The molecule has 0 fully saturated rings. The lowest BCUT2D eigenvalue weighted by Gasteiger charge is -2.16. The number of nitrogens with two attached hydrogens (primary N) is 1. The Hall–Kier alpha value is -0.460. The fourth-order valence-corrected chi connectivity index (χ4v) is 3.61. The Morgan fingerprint density at radius 3 is 2.83 bits per heavy atom. The second-order valence-corrected chi connectivity index (χ2v) is 5.98. The number of rotatable bonds is 4. The van der Waals surface area contributed by atoms with Crippen LogP contribution in [0, 0.1) is 5.82 Å². The number of hydrogen-bond acceptors (Lipinski definition) is 3. The van der Waals surface area contributed by atoms with Crippen molar-refractivity contribution in [3.8, 4) is 0 Å². The van der Waals surface area contributed by atoms with Crippen molar-refractivity contribution in [1.82, 2.24) is 5.43 Å². The van der Waals surface area contributed by atoms with Gasteiger partial charge in [0.15, 0.2) is 0 Å². The van der Waals surface area contributed by atoms with Crippen molar-refractivity contribution in [2.45, 2.75) is 12.5 Å². The predicted molar refractivity (Wildman–Crippen MR) is 77.2 cm³/mol. The van der Waals surface area contributed by atoms with Gasteiger partial charge in [-0.1, -0.05) is 23.7 Å². The van der Waals surface area contributed by atoms with Gasteiger partial charge in [-0.05, 0) is 45.4 Å². The highest BCUT2D eigenvalue weighted by Gasteiger charge is 2.17. The maximum absolute atomic E-state index is 13.8. The van der Waals surface area contributed by atoms with Crippen LogP contribution in [0.4, 0.5) is 4.39 Å². The molecule has 0 spiro atoms. The first-order valence-corrected chi connectivity index (χ1v) is 7.30. The first kappa shape index (κ1) is 14.0. The van der Waals surface area contributed by atoms with Crippen molar-refractivity contribution in [2.24, 2.45) is 5.84 Å². The number of benzene rings is 1. The number of halogens is 3. The van der Waals surface area contributed by atoms with E-state index in [1.165, 1.54) is 6.07 Å². The minimum atomic E-state index is -0.382. The lowest BCUT2D eigenvalue weighted by atomic mass is 10.0. The first-order chi connectivity index (χ1) is 8.63. The van der Waals surface area contributed by atoms with Gasteiger partial charge in [0.25, 0.3) is 0 Å². The SMILES string of the molecule is NNC(Cc1cccc(Cl)c1F)c1sccc1Br. The topological polar surface area (TPSA) is 38.0 Å². The summed E-state index contributed by atoms with van der Waals surface area (Å²) in [4.78, 5) is 1.04. The Balaban J connectivity index is 2.26. The van der Waals surface area contributed by atoms with Crippen LogP contribution in [-0.4, -0.2) is 0 Å². The fourth-order valence-electron chi connectivity index (χ4n) is 1.71. The molecule has 2 aromatic rings. The Morgan fingerprint density at radius 2 is 2.22 bits per heavy atom. The maximum atomic E-state index is 13.8. The van der Waals surface area contributed by atoms with Gasteiger partial charge in [0.2, 0.25) is 0 Å². The number of thiophene rings is 1. The smallest absolute Gasteiger partial charge is 0.145 e. The lowest BCUT2D eigenvalue weighted by molar-refractivity contribution is 0.534. The largest absolute Gasteiger partial charge is 0.271 e. The van der Waals surface area contributed by atoms with Crippen LogP contribution < -0.4 is 11.3 Å². The van der Waals surface area contributed by atoms with Crippen molar-refractivity contribution < 1.29 is 4.39 Å². The molecule has 96 valence electrons. The molecule has 0 saturated carbocycles. The molecule has 1 aromatic carbocycles. The van der Waals surface area contributed by atoms with E-state index in [4.69, 9.17) is 17.4 Å². The zero-order valence-electron chi connectivity index (χ0n) is 9.29. The molecule has 0 radical (unpaired) electrons. The van der Waals surface area contributed by atoms with E-state index in [-0.39, 0.29) is 16.9 Å². The Kier molecular flexibility index (Phi) is 4.75. The molecule has 1 aromatic heterocycles. The van der Waals surface area contributed by atoms with Crippen LogP contribution in [0.2, 0.25) is 5.02 Å². The minimum absolute atomic E-state index is 0.133. The summed E-state index contributed by atoms with van der Waals surface area (Å²) >= 11 is 10.8. The third-order valence-corrected chi connectivity index (χ3v) is 4.89. The fraction of sp³-hybridized carbons (Fsp3) is 0.167. The second-order valence-electron chi connectivity index (χ2n) is 3.77. The molecule has 0 aliphatic rings. The zero-order chi connectivity index (χ0) is 13.1. The summed E-state index contributed by atoms with van der Waals surface area (Å²) in [5.41, 5.74) is 3.26. The molecule has 3 N–H and O–H groups in total. The van der Waals surface area contributed by atoms with Gasteiger partial charge in [0.05, 0.1) is 11.1 Å². The van der Waals surface area contributed by atoms with Crippen LogP contribution >= 0.6 is 38.9 Å². The van der Waals surface area contributed by atoms with Gasteiger partial charge in [-0.15, -0.1) is 11.3 Å². The van der Waals surface area contributed by atoms with E-state index < -0.39 is 0 Å². The molecular formula is C12H11BrClFN2S. The molecule has 0 bridgehead atoms. The summed E-state index contributed by atoms with van der Waals surface area (Å²) in [6.45, 7) is 0. The number of hydrogen-bond donors (Lipinski definition) is 2. The summed E-state index contributed by atoms with van der Waals surface area (Å²) in [5.74, 6) is 5.17. The maximum Gasteiger partial charge on any atom is 0.145 e. The van der Waals surface area contributed by atoms with E-state index in [0.29, 0.717) is 12.0 Å². The molecule has 6 heteroatoms. The Bertz CT molecular complexity index is 547. The summed E-state index contributed by atoms with van der Waals surface area (Å²) in [6, 6.07) is 6.78. The van der Waals surface area contributed by atoms with Gasteiger partial charge >= 0.3 is 0 Å². The predicted octanol–water partition coefficient (Wildman–Crippen LogP) is 4.05. The van der Waals surface area contributed by atoms with Gasteiger partial charge in [-0.25, -0.2) is 4.39 Å². The van der Waals surface area contributed by atoms with Gasteiger partial charge in [-0.2, -0.15) is 0 Å². The van der Waals surface area contributed by atoms with Gasteiger partial charge in [0.1, 0.15) is 5.82 Å². The molecule has 0 amide bonds. The standard InChI is InChI=1S/C12H11BrClFN2S/c13-8-4-5-18-12(8)10(17-16)6-7-2-1-3-9(14)11(7)15/h1-5,10,17H,6,16H2. The molecule has 18 heavy (non-hydrogen) atoms.